The Bertz CT molecular complexity index is 560. The first-order valence-electron chi connectivity index (χ1n) is 4.77. The molecule has 0 atom stereocenters. The molecule has 0 spiro atoms. The minimum absolute atomic E-state index is 0.469. The highest BCUT2D eigenvalue weighted by Gasteiger charge is 2.09. The van der Waals surface area contributed by atoms with Crippen LogP contribution in [0.2, 0.25) is 0 Å². The van der Waals surface area contributed by atoms with Crippen LogP contribution in [-0.4, -0.2) is 9.97 Å². The lowest BCUT2D eigenvalue weighted by molar-refractivity contribution is 0.457. The maximum atomic E-state index is 5.74. The van der Waals surface area contributed by atoms with Gasteiger partial charge in [0, 0.05) is 10.7 Å². The number of pyridine rings is 2. The summed E-state index contributed by atoms with van der Waals surface area (Å²) in [6, 6.07) is 1.81. The molecule has 0 saturated carbocycles. The maximum absolute atomic E-state index is 5.74. The van der Waals surface area contributed by atoms with Crippen LogP contribution in [0.25, 0.3) is 0 Å². The number of hydrogen-bond donors (Lipinski definition) is 1. The van der Waals surface area contributed by atoms with Crippen LogP contribution < -0.4 is 10.5 Å². The fourth-order valence-corrected chi connectivity index (χ4v) is 1.96. The molecule has 0 fully saturated rings. The molecule has 0 unspecified atom stereocenters. The van der Waals surface area contributed by atoms with Gasteiger partial charge in [0.15, 0.2) is 0 Å². The highest BCUT2D eigenvalue weighted by atomic mass is 79.9. The number of rotatable bonds is 2. The summed E-state index contributed by atoms with van der Waals surface area (Å²) in [4.78, 5) is 8.14. The van der Waals surface area contributed by atoms with E-state index in [0.29, 0.717) is 17.3 Å². The number of hydrogen-bond acceptors (Lipinski definition) is 4. The summed E-state index contributed by atoms with van der Waals surface area (Å²) in [6.45, 7) is 1.90. The molecular weight excluding hydrogens is 350 g/mol. The van der Waals surface area contributed by atoms with Gasteiger partial charge in [-0.1, -0.05) is 0 Å². The molecule has 0 amide bonds. The van der Waals surface area contributed by atoms with Crippen LogP contribution in [0.15, 0.2) is 33.6 Å². The quantitative estimate of drug-likeness (QED) is 0.889. The molecule has 2 heterocycles. The third-order valence-corrected chi connectivity index (χ3v) is 3.53. The molecule has 2 aromatic rings. The zero-order chi connectivity index (χ0) is 12.4. The first kappa shape index (κ1) is 12.3. The van der Waals surface area contributed by atoms with E-state index in [2.05, 4.69) is 41.8 Å². The summed E-state index contributed by atoms with van der Waals surface area (Å²) in [7, 11) is 0. The second kappa shape index (κ2) is 5.01. The Morgan fingerprint density at radius 1 is 1.24 bits per heavy atom. The van der Waals surface area contributed by atoms with Gasteiger partial charge in [-0.2, -0.15) is 0 Å². The molecule has 0 saturated heterocycles. The smallest absolute Gasteiger partial charge is 0.234 e. The van der Waals surface area contributed by atoms with Crippen LogP contribution in [0.1, 0.15) is 5.56 Å². The zero-order valence-electron chi connectivity index (χ0n) is 8.95. The Hall–Kier alpha value is -1.14. The molecule has 0 aliphatic rings. The van der Waals surface area contributed by atoms with Gasteiger partial charge >= 0.3 is 0 Å². The fraction of sp³-hybridized carbons (Fsp3) is 0.0909. The second-order valence-electron chi connectivity index (χ2n) is 3.40. The monoisotopic (exact) mass is 357 g/mol. The second-order valence-corrected chi connectivity index (χ2v) is 5.11. The average molecular weight is 359 g/mol. The molecule has 0 aromatic carbocycles. The van der Waals surface area contributed by atoms with Crippen molar-refractivity contribution in [1.29, 1.82) is 0 Å². The van der Waals surface area contributed by atoms with Crippen molar-refractivity contribution in [1.82, 2.24) is 9.97 Å². The van der Waals surface area contributed by atoms with E-state index in [9.17, 15) is 0 Å². The topological polar surface area (TPSA) is 61.0 Å². The molecule has 0 radical (unpaired) electrons. The van der Waals surface area contributed by atoms with Gasteiger partial charge in [0.1, 0.15) is 5.75 Å². The Morgan fingerprint density at radius 3 is 2.71 bits per heavy atom. The molecule has 6 heteroatoms. The Morgan fingerprint density at radius 2 is 2.00 bits per heavy atom. The van der Waals surface area contributed by atoms with Gasteiger partial charge in [0.2, 0.25) is 5.88 Å². The van der Waals surface area contributed by atoms with Gasteiger partial charge in [-0.25, -0.2) is 4.98 Å². The first-order chi connectivity index (χ1) is 8.08. The van der Waals surface area contributed by atoms with E-state index < -0.39 is 0 Å². The predicted octanol–water partition coefficient (Wildman–Crippen LogP) is 3.68. The van der Waals surface area contributed by atoms with E-state index in [0.717, 1.165) is 14.5 Å². The van der Waals surface area contributed by atoms with Crippen LogP contribution in [0.4, 0.5) is 5.69 Å². The van der Waals surface area contributed by atoms with Crippen molar-refractivity contribution in [2.24, 2.45) is 0 Å². The number of aromatic nitrogens is 2. The minimum atomic E-state index is 0.469. The van der Waals surface area contributed by atoms with Crippen LogP contribution in [0, 0.1) is 6.92 Å². The fourth-order valence-electron chi connectivity index (χ4n) is 1.20. The number of nitrogens with two attached hydrogens (primary N) is 1. The van der Waals surface area contributed by atoms with Gasteiger partial charge in [-0.15, -0.1) is 0 Å². The molecule has 4 nitrogen and oxygen atoms in total. The molecule has 2 N–H and O–H groups in total. The summed E-state index contributed by atoms with van der Waals surface area (Å²) in [6.07, 6.45) is 4.87. The van der Waals surface area contributed by atoms with E-state index in [1.165, 1.54) is 0 Å². The van der Waals surface area contributed by atoms with Crippen LogP contribution >= 0.6 is 31.9 Å². The summed E-state index contributed by atoms with van der Waals surface area (Å²) in [5.74, 6) is 1.08. The molecule has 0 bridgehead atoms. The van der Waals surface area contributed by atoms with Gasteiger partial charge in [-0.3, -0.25) is 4.98 Å². The lowest BCUT2D eigenvalue weighted by Crippen LogP contribution is -1.96. The number of anilines is 1. The number of ether oxygens (including phenoxy) is 1. The van der Waals surface area contributed by atoms with Crippen molar-refractivity contribution in [3.63, 3.8) is 0 Å². The summed E-state index contributed by atoms with van der Waals surface area (Å²) in [5.41, 5.74) is 7.26. The number of halogens is 2. The van der Waals surface area contributed by atoms with Crippen molar-refractivity contribution < 1.29 is 4.74 Å². The molecular formula is C11H9Br2N3O. The normalized spacial score (nSPS) is 10.3. The average Bonchev–Trinajstić information content (AvgIpc) is 2.30. The van der Waals surface area contributed by atoms with E-state index in [1.54, 1.807) is 18.6 Å². The highest BCUT2D eigenvalue weighted by Crippen LogP contribution is 2.32. The lowest BCUT2D eigenvalue weighted by Gasteiger charge is -2.09. The Kier molecular flexibility index (Phi) is 3.63. The minimum Gasteiger partial charge on any atom is -0.436 e. The first-order valence-corrected chi connectivity index (χ1v) is 6.35. The van der Waals surface area contributed by atoms with Gasteiger partial charge < -0.3 is 10.5 Å². The molecule has 0 aliphatic carbocycles. The summed E-state index contributed by atoms with van der Waals surface area (Å²) < 4.78 is 7.21. The predicted molar refractivity (Wildman–Crippen MR) is 73.1 cm³/mol. The van der Waals surface area contributed by atoms with Crippen molar-refractivity contribution >= 4 is 37.5 Å². The Labute approximate surface area is 115 Å². The molecule has 2 aromatic heterocycles. The molecule has 17 heavy (non-hydrogen) atoms. The van der Waals surface area contributed by atoms with Gasteiger partial charge in [-0.05, 0) is 50.4 Å². The van der Waals surface area contributed by atoms with Crippen LogP contribution in [0.3, 0.4) is 0 Å². The van der Waals surface area contributed by atoms with Crippen molar-refractivity contribution in [3.8, 4) is 11.6 Å². The van der Waals surface area contributed by atoms with Crippen molar-refractivity contribution in [3.05, 3.63) is 39.2 Å². The number of nitrogens with zero attached hydrogens (tertiary/aromatic N) is 2. The lowest BCUT2D eigenvalue weighted by atomic mass is 10.2. The summed E-state index contributed by atoms with van der Waals surface area (Å²) in [5, 5.41) is 0. The van der Waals surface area contributed by atoms with E-state index >= 15 is 0 Å². The molecule has 88 valence electrons. The molecule has 0 aliphatic heterocycles. The molecule has 2 rings (SSSR count). The zero-order valence-corrected chi connectivity index (χ0v) is 12.1. The SMILES string of the molecule is Cc1c(N)cnc(Oc2cncc(Br)c2)c1Br. The van der Waals surface area contributed by atoms with Crippen molar-refractivity contribution in [2.45, 2.75) is 6.92 Å². The van der Waals surface area contributed by atoms with Crippen LogP contribution in [0.5, 0.6) is 11.6 Å². The summed E-state index contributed by atoms with van der Waals surface area (Å²) >= 11 is 6.73. The van der Waals surface area contributed by atoms with Crippen molar-refractivity contribution in [2.75, 3.05) is 5.73 Å². The Balaban J connectivity index is 2.34. The maximum Gasteiger partial charge on any atom is 0.234 e. The van der Waals surface area contributed by atoms with E-state index in [1.807, 2.05) is 13.0 Å². The third-order valence-electron chi connectivity index (χ3n) is 2.17. The highest BCUT2D eigenvalue weighted by molar-refractivity contribution is 9.10. The van der Waals surface area contributed by atoms with E-state index in [-0.39, 0.29) is 0 Å². The largest absolute Gasteiger partial charge is 0.436 e. The van der Waals surface area contributed by atoms with Gasteiger partial charge in [0.25, 0.3) is 0 Å². The number of nitrogen functional groups attached to an aromatic ring is 1. The van der Waals surface area contributed by atoms with Gasteiger partial charge in [0.05, 0.1) is 22.6 Å². The third kappa shape index (κ3) is 2.76. The van der Waals surface area contributed by atoms with Crippen LogP contribution in [-0.2, 0) is 0 Å². The standard InChI is InChI=1S/C11H9Br2N3O/c1-6-9(14)5-16-11(10(6)13)17-8-2-7(12)3-15-4-8/h2-5H,14H2,1H3. The van der Waals surface area contributed by atoms with E-state index in [4.69, 9.17) is 10.5 Å².